The molecule has 2 heterocycles. The van der Waals surface area contributed by atoms with Gasteiger partial charge >= 0.3 is 0 Å². The number of amides is 1. The number of aromatic nitrogens is 1. The van der Waals surface area contributed by atoms with Gasteiger partial charge in [0.1, 0.15) is 0 Å². The number of piperazine rings is 1. The summed E-state index contributed by atoms with van der Waals surface area (Å²) in [6, 6.07) is 8.05. The van der Waals surface area contributed by atoms with Crippen LogP contribution >= 0.6 is 23.1 Å². The first kappa shape index (κ1) is 22.0. The van der Waals surface area contributed by atoms with Gasteiger partial charge in [-0.1, -0.05) is 43.2 Å². The molecule has 1 amide bonds. The molecule has 7 nitrogen and oxygen atoms in total. The summed E-state index contributed by atoms with van der Waals surface area (Å²) in [7, 11) is -1.76. The second-order valence-corrected chi connectivity index (χ2v) is 12.1. The van der Waals surface area contributed by atoms with Crippen LogP contribution in [-0.4, -0.2) is 77.8 Å². The molecule has 0 spiro atoms. The summed E-state index contributed by atoms with van der Waals surface area (Å²) in [5.74, 6) is 0.367. The normalized spacial score (nSPS) is 19.6. The van der Waals surface area contributed by atoms with Crippen molar-refractivity contribution in [2.24, 2.45) is 0 Å². The monoisotopic (exact) mass is 468 g/mol. The molecule has 1 aliphatic carbocycles. The number of fused-ring (bicyclic) bond motifs is 1. The van der Waals surface area contributed by atoms with Gasteiger partial charge in [-0.15, -0.1) is 11.3 Å². The summed E-state index contributed by atoms with van der Waals surface area (Å²) in [5.41, 5.74) is 0.957. The fraction of sp³-hybridized carbons (Fsp3) is 0.600. The first-order valence-electron chi connectivity index (χ1n) is 10.4. The van der Waals surface area contributed by atoms with Gasteiger partial charge in [0.2, 0.25) is 5.91 Å². The number of thiazole rings is 1. The molecule has 0 unspecified atom stereocenters. The molecule has 1 saturated carbocycles. The third-order valence-corrected chi connectivity index (χ3v) is 10.2. The minimum absolute atomic E-state index is 0.0388. The van der Waals surface area contributed by atoms with E-state index >= 15 is 0 Å². The van der Waals surface area contributed by atoms with Gasteiger partial charge in [0.15, 0.2) is 4.34 Å². The van der Waals surface area contributed by atoms with Crippen molar-refractivity contribution >= 4 is 49.4 Å². The van der Waals surface area contributed by atoms with E-state index in [2.05, 4.69) is 4.98 Å². The van der Waals surface area contributed by atoms with E-state index in [1.165, 1.54) is 22.5 Å². The number of thioether (sulfide) groups is 1. The van der Waals surface area contributed by atoms with E-state index in [0.717, 1.165) is 40.2 Å². The summed E-state index contributed by atoms with van der Waals surface area (Å²) in [5, 5.41) is 0. The SMILES string of the molecule is CN(C1CCCCC1)S(=O)(=O)N1CCN(C(=O)CSc2nc3ccccc3s2)CC1. The highest BCUT2D eigenvalue weighted by Gasteiger charge is 2.35. The molecule has 1 aromatic carbocycles. The average Bonchev–Trinajstić information content (AvgIpc) is 3.20. The largest absolute Gasteiger partial charge is 0.339 e. The summed E-state index contributed by atoms with van der Waals surface area (Å²) in [6.07, 6.45) is 5.27. The Hall–Kier alpha value is -1.20. The summed E-state index contributed by atoms with van der Waals surface area (Å²) < 4.78 is 31.1. The molecule has 1 aliphatic heterocycles. The van der Waals surface area contributed by atoms with E-state index in [1.54, 1.807) is 27.6 Å². The Morgan fingerprint density at radius 1 is 1.17 bits per heavy atom. The summed E-state index contributed by atoms with van der Waals surface area (Å²) in [6.45, 7) is 1.60. The lowest BCUT2D eigenvalue weighted by molar-refractivity contribution is -0.129. The molecule has 30 heavy (non-hydrogen) atoms. The number of rotatable bonds is 6. The van der Waals surface area contributed by atoms with E-state index < -0.39 is 10.2 Å². The Balaban J connectivity index is 1.28. The third-order valence-electron chi connectivity index (χ3n) is 5.96. The predicted molar refractivity (Wildman–Crippen MR) is 122 cm³/mol. The zero-order valence-corrected chi connectivity index (χ0v) is 19.6. The van der Waals surface area contributed by atoms with Crippen LogP contribution in [0.1, 0.15) is 32.1 Å². The molecule has 0 N–H and O–H groups in total. The maximum atomic E-state index is 13.0. The zero-order valence-electron chi connectivity index (χ0n) is 17.2. The Labute approximate surface area is 186 Å². The lowest BCUT2D eigenvalue weighted by Crippen LogP contribution is -2.55. The van der Waals surface area contributed by atoms with Crippen LogP contribution in [0.5, 0.6) is 0 Å². The molecule has 164 valence electrons. The minimum atomic E-state index is -3.47. The van der Waals surface area contributed by atoms with E-state index in [1.807, 2.05) is 24.3 Å². The molecule has 0 atom stereocenters. The Bertz CT molecular complexity index is 947. The van der Waals surface area contributed by atoms with E-state index in [4.69, 9.17) is 0 Å². The quantitative estimate of drug-likeness (QED) is 0.609. The van der Waals surface area contributed by atoms with Gasteiger partial charge in [0.25, 0.3) is 10.2 Å². The van der Waals surface area contributed by atoms with Gasteiger partial charge in [-0.05, 0) is 25.0 Å². The van der Waals surface area contributed by atoms with Crippen molar-refractivity contribution in [3.63, 3.8) is 0 Å². The molecule has 0 bridgehead atoms. The predicted octanol–water partition coefficient (Wildman–Crippen LogP) is 3.04. The van der Waals surface area contributed by atoms with Gasteiger partial charge in [0, 0.05) is 39.3 Å². The van der Waals surface area contributed by atoms with E-state index in [-0.39, 0.29) is 11.9 Å². The van der Waals surface area contributed by atoms with Crippen molar-refractivity contribution in [1.29, 1.82) is 0 Å². The van der Waals surface area contributed by atoms with Crippen LogP contribution in [0.25, 0.3) is 10.2 Å². The third kappa shape index (κ3) is 4.83. The van der Waals surface area contributed by atoms with Crippen LogP contribution in [0.2, 0.25) is 0 Å². The van der Waals surface area contributed by atoms with Gasteiger partial charge in [-0.3, -0.25) is 4.79 Å². The van der Waals surface area contributed by atoms with Gasteiger partial charge in [0.05, 0.1) is 16.0 Å². The molecule has 10 heteroatoms. The Morgan fingerprint density at radius 3 is 2.57 bits per heavy atom. The van der Waals surface area contributed by atoms with E-state index in [0.29, 0.717) is 31.9 Å². The van der Waals surface area contributed by atoms with Crippen LogP contribution in [0, 0.1) is 0 Å². The van der Waals surface area contributed by atoms with Gasteiger partial charge in [-0.25, -0.2) is 4.98 Å². The molecule has 2 aromatic rings. The first-order chi connectivity index (χ1) is 14.4. The number of nitrogens with zero attached hydrogens (tertiary/aromatic N) is 4. The Morgan fingerprint density at radius 2 is 1.87 bits per heavy atom. The summed E-state index contributed by atoms with van der Waals surface area (Å²) in [4.78, 5) is 19.0. The molecule has 0 radical (unpaired) electrons. The van der Waals surface area contributed by atoms with Crippen molar-refractivity contribution in [3.8, 4) is 0 Å². The number of carbonyl (C=O) groups is 1. The highest BCUT2D eigenvalue weighted by atomic mass is 32.2. The summed E-state index contributed by atoms with van der Waals surface area (Å²) >= 11 is 3.05. The molecule has 1 saturated heterocycles. The minimum Gasteiger partial charge on any atom is -0.339 e. The van der Waals surface area contributed by atoms with Crippen molar-refractivity contribution in [3.05, 3.63) is 24.3 Å². The second-order valence-electron chi connectivity index (χ2n) is 7.83. The van der Waals surface area contributed by atoms with Crippen molar-refractivity contribution in [1.82, 2.24) is 18.5 Å². The number of carbonyl (C=O) groups excluding carboxylic acids is 1. The highest BCUT2D eigenvalue weighted by Crippen LogP contribution is 2.29. The first-order valence-corrected chi connectivity index (χ1v) is 13.6. The molecular weight excluding hydrogens is 440 g/mol. The molecule has 4 rings (SSSR count). The fourth-order valence-electron chi connectivity index (χ4n) is 4.11. The van der Waals surface area contributed by atoms with Crippen LogP contribution in [0.3, 0.4) is 0 Å². The Kier molecular flexibility index (Phi) is 6.98. The molecule has 1 aromatic heterocycles. The maximum Gasteiger partial charge on any atom is 0.282 e. The molecule has 2 aliphatic rings. The van der Waals surface area contributed by atoms with Crippen molar-refractivity contribution < 1.29 is 13.2 Å². The van der Waals surface area contributed by atoms with Crippen LogP contribution in [0.15, 0.2) is 28.6 Å². The smallest absolute Gasteiger partial charge is 0.282 e. The van der Waals surface area contributed by atoms with Gasteiger partial charge < -0.3 is 4.90 Å². The molecular formula is C20H28N4O3S3. The zero-order chi connectivity index (χ0) is 21.1. The van der Waals surface area contributed by atoms with Crippen LogP contribution in [-0.2, 0) is 15.0 Å². The molecule has 2 fully saturated rings. The highest BCUT2D eigenvalue weighted by molar-refractivity contribution is 8.01. The van der Waals surface area contributed by atoms with E-state index in [9.17, 15) is 13.2 Å². The average molecular weight is 469 g/mol. The lowest BCUT2D eigenvalue weighted by atomic mass is 9.96. The number of benzene rings is 1. The maximum absolute atomic E-state index is 13.0. The van der Waals surface area contributed by atoms with Gasteiger partial charge in [-0.2, -0.15) is 17.0 Å². The standard InChI is InChI=1S/C20H28N4O3S3/c1-22(16-7-3-2-4-8-16)30(26,27)24-13-11-23(12-14-24)19(25)15-28-20-21-17-9-5-6-10-18(17)29-20/h5-6,9-10,16H,2-4,7-8,11-15H2,1H3. The van der Waals surface area contributed by atoms with Crippen molar-refractivity contribution in [2.45, 2.75) is 42.5 Å². The number of hydrogen-bond acceptors (Lipinski definition) is 6. The second kappa shape index (κ2) is 9.52. The number of hydrogen-bond donors (Lipinski definition) is 0. The topological polar surface area (TPSA) is 73.8 Å². The van der Waals surface area contributed by atoms with Crippen LogP contribution < -0.4 is 0 Å². The number of para-hydroxylation sites is 1. The lowest BCUT2D eigenvalue weighted by Gasteiger charge is -2.38. The van der Waals surface area contributed by atoms with Crippen LogP contribution in [0.4, 0.5) is 0 Å². The van der Waals surface area contributed by atoms with Crippen molar-refractivity contribution in [2.75, 3.05) is 39.0 Å². The fourth-order valence-corrected chi connectivity index (χ4v) is 7.66.